The van der Waals surface area contributed by atoms with Gasteiger partial charge < -0.3 is 10.1 Å². The van der Waals surface area contributed by atoms with Crippen LogP contribution in [0.15, 0.2) is 65.6 Å². The molecular weight excluding hydrogens is 330 g/mol. The van der Waals surface area contributed by atoms with E-state index in [0.29, 0.717) is 23.6 Å². The van der Waals surface area contributed by atoms with Gasteiger partial charge in [0.1, 0.15) is 17.7 Å². The standard InChI is InChI=1S/C19H17N5O2/c1-24-17-16(11-20-24)18(25)23-19(22-17)21-14-9-7-13(8-10-14)12-26-15-5-3-2-4-6-15/h2-11H,12H2,1H3,(H2,21,22,23,25). The zero-order valence-electron chi connectivity index (χ0n) is 14.1. The van der Waals surface area contributed by atoms with E-state index >= 15 is 0 Å². The molecule has 0 atom stereocenters. The fraction of sp³-hybridized carbons (Fsp3) is 0.105. The lowest BCUT2D eigenvalue weighted by molar-refractivity contribution is 0.306. The lowest BCUT2D eigenvalue weighted by atomic mass is 10.2. The van der Waals surface area contributed by atoms with Gasteiger partial charge in [-0.2, -0.15) is 10.1 Å². The number of ether oxygens (including phenoxy) is 1. The highest BCUT2D eigenvalue weighted by Gasteiger charge is 2.08. The van der Waals surface area contributed by atoms with Crippen LogP contribution >= 0.6 is 0 Å². The predicted octanol–water partition coefficient (Wildman–Crippen LogP) is 2.98. The van der Waals surface area contributed by atoms with E-state index in [4.69, 9.17) is 4.74 Å². The molecule has 0 aliphatic heterocycles. The second kappa shape index (κ2) is 6.72. The minimum atomic E-state index is -0.224. The quantitative estimate of drug-likeness (QED) is 0.580. The highest BCUT2D eigenvalue weighted by atomic mass is 16.5. The molecule has 130 valence electrons. The largest absolute Gasteiger partial charge is 0.489 e. The maximum absolute atomic E-state index is 12.1. The first-order valence-electron chi connectivity index (χ1n) is 8.15. The van der Waals surface area contributed by atoms with Crippen molar-refractivity contribution in [3.63, 3.8) is 0 Å². The van der Waals surface area contributed by atoms with E-state index in [9.17, 15) is 4.79 Å². The van der Waals surface area contributed by atoms with Gasteiger partial charge in [-0.1, -0.05) is 30.3 Å². The number of anilines is 2. The van der Waals surface area contributed by atoms with Gasteiger partial charge in [-0.25, -0.2) is 0 Å². The number of fused-ring (bicyclic) bond motifs is 1. The van der Waals surface area contributed by atoms with Crippen LogP contribution in [-0.4, -0.2) is 19.7 Å². The fourth-order valence-electron chi connectivity index (χ4n) is 2.60. The van der Waals surface area contributed by atoms with E-state index in [1.807, 2.05) is 54.6 Å². The molecule has 0 amide bonds. The Morgan fingerprint density at radius 3 is 2.65 bits per heavy atom. The number of aromatic amines is 1. The van der Waals surface area contributed by atoms with Crippen LogP contribution in [0.25, 0.3) is 11.0 Å². The van der Waals surface area contributed by atoms with Gasteiger partial charge in [-0.05, 0) is 29.8 Å². The van der Waals surface area contributed by atoms with Crippen molar-refractivity contribution in [2.45, 2.75) is 6.61 Å². The average molecular weight is 347 g/mol. The van der Waals surface area contributed by atoms with E-state index in [0.717, 1.165) is 17.0 Å². The molecule has 0 saturated heterocycles. The smallest absolute Gasteiger partial charge is 0.263 e. The maximum atomic E-state index is 12.1. The third-order valence-corrected chi connectivity index (χ3v) is 3.97. The zero-order valence-corrected chi connectivity index (χ0v) is 14.1. The van der Waals surface area contributed by atoms with Gasteiger partial charge in [0.15, 0.2) is 5.65 Å². The summed E-state index contributed by atoms with van der Waals surface area (Å²) in [7, 11) is 1.75. The molecule has 4 rings (SSSR count). The van der Waals surface area contributed by atoms with Crippen molar-refractivity contribution >= 4 is 22.7 Å². The van der Waals surface area contributed by atoms with Crippen molar-refractivity contribution in [3.05, 3.63) is 76.7 Å². The third-order valence-electron chi connectivity index (χ3n) is 3.97. The number of nitrogens with one attached hydrogen (secondary N) is 2. The van der Waals surface area contributed by atoms with Crippen LogP contribution in [0.2, 0.25) is 0 Å². The topological polar surface area (TPSA) is 84.8 Å². The minimum Gasteiger partial charge on any atom is -0.489 e. The van der Waals surface area contributed by atoms with Crippen molar-refractivity contribution in [3.8, 4) is 5.75 Å². The second-order valence-electron chi connectivity index (χ2n) is 5.84. The number of aryl methyl sites for hydroxylation is 1. The van der Waals surface area contributed by atoms with Crippen LogP contribution in [0.3, 0.4) is 0 Å². The van der Waals surface area contributed by atoms with E-state index < -0.39 is 0 Å². The molecule has 2 N–H and O–H groups in total. The SMILES string of the molecule is Cn1ncc2c(=O)[nH]c(Nc3ccc(COc4ccccc4)cc3)nc21. The van der Waals surface area contributed by atoms with E-state index in [-0.39, 0.29) is 5.56 Å². The molecule has 0 aliphatic carbocycles. The summed E-state index contributed by atoms with van der Waals surface area (Å²) in [6.07, 6.45) is 1.51. The summed E-state index contributed by atoms with van der Waals surface area (Å²) in [6.45, 7) is 0.486. The lowest BCUT2D eigenvalue weighted by Crippen LogP contribution is -2.11. The molecule has 26 heavy (non-hydrogen) atoms. The molecule has 0 radical (unpaired) electrons. The van der Waals surface area contributed by atoms with Crippen LogP contribution in [0, 0.1) is 0 Å². The maximum Gasteiger partial charge on any atom is 0.263 e. The summed E-state index contributed by atoms with van der Waals surface area (Å²) in [4.78, 5) is 19.2. The molecule has 7 heteroatoms. The average Bonchev–Trinajstić information content (AvgIpc) is 3.04. The number of para-hydroxylation sites is 1. The lowest BCUT2D eigenvalue weighted by Gasteiger charge is -2.08. The highest BCUT2D eigenvalue weighted by Crippen LogP contribution is 2.17. The summed E-state index contributed by atoms with van der Waals surface area (Å²) in [5.41, 5.74) is 2.17. The summed E-state index contributed by atoms with van der Waals surface area (Å²) < 4.78 is 7.30. The molecule has 0 fully saturated rings. The molecule has 0 aliphatic rings. The van der Waals surface area contributed by atoms with Crippen LogP contribution in [-0.2, 0) is 13.7 Å². The van der Waals surface area contributed by atoms with E-state index in [1.165, 1.54) is 6.20 Å². The number of hydrogen-bond acceptors (Lipinski definition) is 5. The first-order chi connectivity index (χ1) is 12.7. The Morgan fingerprint density at radius 2 is 1.88 bits per heavy atom. The number of rotatable bonds is 5. The molecule has 7 nitrogen and oxygen atoms in total. The Balaban J connectivity index is 1.47. The number of hydrogen-bond donors (Lipinski definition) is 2. The molecule has 0 unspecified atom stereocenters. The molecule has 2 aromatic heterocycles. The molecule has 4 aromatic rings. The molecule has 0 spiro atoms. The highest BCUT2D eigenvalue weighted by molar-refractivity contribution is 5.74. The van der Waals surface area contributed by atoms with Gasteiger partial charge in [0.2, 0.25) is 5.95 Å². The van der Waals surface area contributed by atoms with Crippen LogP contribution in [0.5, 0.6) is 5.75 Å². The van der Waals surface area contributed by atoms with Crippen LogP contribution in [0.4, 0.5) is 11.6 Å². The van der Waals surface area contributed by atoms with Crippen molar-refractivity contribution in [2.24, 2.45) is 7.05 Å². The van der Waals surface area contributed by atoms with Gasteiger partial charge in [0, 0.05) is 12.7 Å². The monoisotopic (exact) mass is 347 g/mol. The summed E-state index contributed by atoms with van der Waals surface area (Å²) in [6, 6.07) is 17.4. The predicted molar refractivity (Wildman–Crippen MR) is 99.6 cm³/mol. The van der Waals surface area contributed by atoms with Crippen molar-refractivity contribution < 1.29 is 4.74 Å². The van der Waals surface area contributed by atoms with E-state index in [1.54, 1.807) is 11.7 Å². The van der Waals surface area contributed by atoms with Crippen molar-refractivity contribution in [1.29, 1.82) is 0 Å². The number of aromatic nitrogens is 4. The van der Waals surface area contributed by atoms with Gasteiger partial charge in [-0.3, -0.25) is 14.5 Å². The molecule has 2 heterocycles. The summed E-state index contributed by atoms with van der Waals surface area (Å²) in [5.74, 6) is 1.21. The first kappa shape index (κ1) is 15.9. The number of benzene rings is 2. The summed E-state index contributed by atoms with van der Waals surface area (Å²) in [5, 5.41) is 7.62. The number of nitrogens with zero attached hydrogens (tertiary/aromatic N) is 3. The van der Waals surface area contributed by atoms with Crippen LogP contribution in [0.1, 0.15) is 5.56 Å². The van der Waals surface area contributed by atoms with Crippen molar-refractivity contribution in [2.75, 3.05) is 5.32 Å². The Hall–Kier alpha value is -3.61. The van der Waals surface area contributed by atoms with Gasteiger partial charge in [0.05, 0.1) is 6.20 Å². The van der Waals surface area contributed by atoms with Gasteiger partial charge in [0.25, 0.3) is 5.56 Å². The Labute approximate surface area is 149 Å². The normalized spacial score (nSPS) is 10.8. The molecular formula is C19H17N5O2. The Morgan fingerprint density at radius 1 is 1.12 bits per heavy atom. The van der Waals surface area contributed by atoms with Gasteiger partial charge >= 0.3 is 0 Å². The fourth-order valence-corrected chi connectivity index (χ4v) is 2.60. The van der Waals surface area contributed by atoms with Crippen LogP contribution < -0.4 is 15.6 Å². The van der Waals surface area contributed by atoms with Crippen molar-refractivity contribution in [1.82, 2.24) is 19.7 Å². The Kier molecular flexibility index (Phi) is 4.10. The summed E-state index contributed by atoms with van der Waals surface area (Å²) >= 11 is 0. The number of H-pyrrole nitrogens is 1. The second-order valence-corrected chi connectivity index (χ2v) is 5.84. The van der Waals surface area contributed by atoms with Gasteiger partial charge in [-0.15, -0.1) is 0 Å². The molecule has 0 saturated carbocycles. The first-order valence-corrected chi connectivity index (χ1v) is 8.15. The zero-order chi connectivity index (χ0) is 17.9. The third kappa shape index (κ3) is 3.27. The Bertz CT molecular complexity index is 1080. The molecule has 2 aromatic carbocycles. The van der Waals surface area contributed by atoms with E-state index in [2.05, 4.69) is 20.4 Å². The molecule has 0 bridgehead atoms. The minimum absolute atomic E-state index is 0.224.